The van der Waals surface area contributed by atoms with Crippen molar-refractivity contribution in [1.82, 2.24) is 15.5 Å². The summed E-state index contributed by atoms with van der Waals surface area (Å²) in [5, 5.41) is 9.62. The summed E-state index contributed by atoms with van der Waals surface area (Å²) in [6.45, 7) is 10.6. The largest absolute Gasteiger partial charge is 0.357 e. The van der Waals surface area contributed by atoms with Gasteiger partial charge in [0, 0.05) is 31.7 Å². The molecule has 0 radical (unpaired) electrons. The molecule has 1 aliphatic heterocycles. The van der Waals surface area contributed by atoms with Crippen molar-refractivity contribution >= 4 is 40.7 Å². The first-order chi connectivity index (χ1) is 12.7. The maximum Gasteiger partial charge on any atom is 0.191 e. The van der Waals surface area contributed by atoms with Crippen LogP contribution >= 0.6 is 24.0 Å². The minimum absolute atomic E-state index is 0. The fourth-order valence-corrected chi connectivity index (χ4v) is 3.67. The predicted octanol–water partition coefficient (Wildman–Crippen LogP) is 4.39. The van der Waals surface area contributed by atoms with Crippen LogP contribution in [0.5, 0.6) is 0 Å². The number of benzene rings is 2. The van der Waals surface area contributed by atoms with Crippen LogP contribution in [0.25, 0.3) is 10.8 Å². The first-order valence-corrected chi connectivity index (χ1v) is 9.93. The summed E-state index contributed by atoms with van der Waals surface area (Å²) in [5.74, 6) is 0.934. The van der Waals surface area contributed by atoms with Crippen molar-refractivity contribution in [3.63, 3.8) is 0 Å². The van der Waals surface area contributed by atoms with Crippen LogP contribution < -0.4 is 10.6 Å². The summed E-state index contributed by atoms with van der Waals surface area (Å²) in [6.07, 6.45) is 2.35. The van der Waals surface area contributed by atoms with Crippen molar-refractivity contribution in [2.75, 3.05) is 19.6 Å². The summed E-state index contributed by atoms with van der Waals surface area (Å²) < 4.78 is 0. The normalized spacial score (nSPS) is 16.4. The van der Waals surface area contributed by atoms with Gasteiger partial charge < -0.3 is 15.5 Å². The van der Waals surface area contributed by atoms with E-state index in [0.717, 1.165) is 25.6 Å². The van der Waals surface area contributed by atoms with E-state index in [2.05, 4.69) is 78.8 Å². The second-order valence-corrected chi connectivity index (χ2v) is 7.38. The smallest absolute Gasteiger partial charge is 0.191 e. The van der Waals surface area contributed by atoms with E-state index in [9.17, 15) is 0 Å². The first-order valence-electron chi connectivity index (χ1n) is 9.93. The van der Waals surface area contributed by atoms with Crippen LogP contribution in [0.4, 0.5) is 0 Å². The number of fused-ring (bicyclic) bond motifs is 1. The molecule has 148 valence electrons. The Morgan fingerprint density at radius 1 is 1.11 bits per heavy atom. The summed E-state index contributed by atoms with van der Waals surface area (Å²) in [6, 6.07) is 16.1. The maximum absolute atomic E-state index is 4.86. The van der Waals surface area contributed by atoms with Crippen LogP contribution in [0.3, 0.4) is 0 Å². The Balaban J connectivity index is 0.00000261. The fourth-order valence-electron chi connectivity index (χ4n) is 3.67. The Kier molecular flexibility index (Phi) is 8.83. The van der Waals surface area contributed by atoms with Gasteiger partial charge in [0.25, 0.3) is 0 Å². The molecule has 5 heteroatoms. The molecule has 0 bridgehead atoms. The molecule has 0 spiro atoms. The molecule has 1 aliphatic rings. The average molecular weight is 480 g/mol. The van der Waals surface area contributed by atoms with Gasteiger partial charge in [-0.15, -0.1) is 24.0 Å². The van der Waals surface area contributed by atoms with Crippen LogP contribution in [0, 0.1) is 0 Å². The fraction of sp³-hybridized carbons (Fsp3) is 0.500. The summed E-state index contributed by atoms with van der Waals surface area (Å²) in [7, 11) is 0. The van der Waals surface area contributed by atoms with Crippen molar-refractivity contribution in [1.29, 1.82) is 0 Å². The van der Waals surface area contributed by atoms with Crippen molar-refractivity contribution in [2.24, 2.45) is 4.99 Å². The van der Waals surface area contributed by atoms with Gasteiger partial charge in [-0.2, -0.15) is 0 Å². The second kappa shape index (κ2) is 10.9. The summed E-state index contributed by atoms with van der Waals surface area (Å²) in [4.78, 5) is 7.42. The number of halogens is 1. The highest BCUT2D eigenvalue weighted by Gasteiger charge is 2.21. The lowest BCUT2D eigenvalue weighted by atomic mass is 10.0. The number of piperidine rings is 1. The van der Waals surface area contributed by atoms with Crippen molar-refractivity contribution in [2.45, 2.75) is 52.2 Å². The van der Waals surface area contributed by atoms with Crippen molar-refractivity contribution in [3.05, 3.63) is 48.0 Å². The molecule has 2 N–H and O–H groups in total. The van der Waals surface area contributed by atoms with Gasteiger partial charge in [-0.1, -0.05) is 42.5 Å². The minimum atomic E-state index is 0. The number of rotatable bonds is 5. The van der Waals surface area contributed by atoms with Gasteiger partial charge in [-0.05, 0) is 49.9 Å². The molecule has 0 saturated carbocycles. The molecule has 0 aromatic heterocycles. The summed E-state index contributed by atoms with van der Waals surface area (Å²) in [5.41, 5.74) is 1.27. The van der Waals surface area contributed by atoms with Gasteiger partial charge in [-0.25, -0.2) is 4.99 Å². The molecular formula is C22H33IN4. The van der Waals surface area contributed by atoms with Gasteiger partial charge in [0.15, 0.2) is 5.96 Å². The molecule has 0 atom stereocenters. The van der Waals surface area contributed by atoms with E-state index in [1.165, 1.54) is 29.2 Å². The molecule has 3 rings (SSSR count). The topological polar surface area (TPSA) is 39.7 Å². The third-order valence-electron chi connectivity index (χ3n) is 5.23. The molecule has 1 fully saturated rings. The highest BCUT2D eigenvalue weighted by atomic mass is 127. The number of likely N-dealkylation sites (tertiary alicyclic amines) is 1. The van der Waals surface area contributed by atoms with Gasteiger partial charge in [0.05, 0.1) is 6.54 Å². The van der Waals surface area contributed by atoms with Gasteiger partial charge in [0.2, 0.25) is 0 Å². The van der Waals surface area contributed by atoms with Crippen LogP contribution in [-0.4, -0.2) is 42.6 Å². The third kappa shape index (κ3) is 6.07. The van der Waals surface area contributed by atoms with Gasteiger partial charge >= 0.3 is 0 Å². The summed E-state index contributed by atoms with van der Waals surface area (Å²) >= 11 is 0. The van der Waals surface area contributed by atoms with E-state index < -0.39 is 0 Å². The number of guanidine groups is 1. The first kappa shape index (κ1) is 22.0. The van der Waals surface area contributed by atoms with Crippen molar-refractivity contribution in [3.8, 4) is 0 Å². The highest BCUT2D eigenvalue weighted by molar-refractivity contribution is 14.0. The Morgan fingerprint density at radius 3 is 2.52 bits per heavy atom. The molecule has 1 saturated heterocycles. The lowest BCUT2D eigenvalue weighted by Gasteiger charge is -2.35. The third-order valence-corrected chi connectivity index (χ3v) is 5.23. The molecular weight excluding hydrogens is 447 g/mol. The SMILES string of the molecule is CCNC(=NCc1cccc2ccccc12)NC1CCN(C(C)C)CC1.I. The zero-order valence-corrected chi connectivity index (χ0v) is 19.1. The molecule has 2 aromatic carbocycles. The monoisotopic (exact) mass is 480 g/mol. The Hall–Kier alpha value is -1.34. The molecule has 1 heterocycles. The Labute approximate surface area is 180 Å². The standard InChI is InChI=1S/C22H32N4.HI/c1-4-23-22(25-20-12-14-26(15-13-20)17(2)3)24-16-19-10-7-9-18-8-5-6-11-21(18)19;/h5-11,17,20H,4,12-16H2,1-3H3,(H2,23,24,25);1H. The number of nitrogens with one attached hydrogen (secondary N) is 2. The number of nitrogens with zero attached hydrogens (tertiary/aromatic N) is 2. The quantitative estimate of drug-likeness (QED) is 0.379. The molecule has 0 amide bonds. The van der Waals surface area contributed by atoms with Crippen LogP contribution in [0.2, 0.25) is 0 Å². The van der Waals surface area contributed by atoms with E-state index in [0.29, 0.717) is 18.6 Å². The molecule has 0 aliphatic carbocycles. The van der Waals surface area contributed by atoms with E-state index in [4.69, 9.17) is 4.99 Å². The van der Waals surface area contributed by atoms with Crippen LogP contribution in [-0.2, 0) is 6.54 Å². The molecule has 2 aromatic rings. The lowest BCUT2D eigenvalue weighted by Crippen LogP contribution is -2.49. The van der Waals surface area contributed by atoms with Crippen molar-refractivity contribution < 1.29 is 0 Å². The van der Waals surface area contributed by atoms with E-state index in [-0.39, 0.29) is 24.0 Å². The Morgan fingerprint density at radius 2 is 1.81 bits per heavy atom. The number of hydrogen-bond acceptors (Lipinski definition) is 2. The van der Waals surface area contributed by atoms with E-state index in [1.54, 1.807) is 0 Å². The zero-order valence-electron chi connectivity index (χ0n) is 16.7. The minimum Gasteiger partial charge on any atom is -0.357 e. The Bertz CT molecular complexity index is 731. The predicted molar refractivity (Wildman–Crippen MR) is 127 cm³/mol. The highest BCUT2D eigenvalue weighted by Crippen LogP contribution is 2.19. The molecule has 4 nitrogen and oxygen atoms in total. The van der Waals surface area contributed by atoms with Gasteiger partial charge in [-0.3, -0.25) is 0 Å². The number of aliphatic imine (C=N–C) groups is 1. The lowest BCUT2D eigenvalue weighted by molar-refractivity contribution is 0.167. The molecule has 27 heavy (non-hydrogen) atoms. The van der Waals surface area contributed by atoms with Crippen LogP contribution in [0.1, 0.15) is 39.2 Å². The second-order valence-electron chi connectivity index (χ2n) is 7.38. The number of hydrogen-bond donors (Lipinski definition) is 2. The van der Waals surface area contributed by atoms with E-state index >= 15 is 0 Å². The zero-order chi connectivity index (χ0) is 18.4. The van der Waals surface area contributed by atoms with E-state index in [1.807, 2.05) is 0 Å². The molecule has 0 unspecified atom stereocenters. The average Bonchev–Trinajstić information content (AvgIpc) is 2.66. The van der Waals surface area contributed by atoms with Crippen LogP contribution in [0.15, 0.2) is 47.5 Å². The van der Waals surface area contributed by atoms with Gasteiger partial charge in [0.1, 0.15) is 0 Å². The maximum atomic E-state index is 4.86.